The number of fused-ring (bicyclic) bond motifs is 1. The molecule has 4 heterocycles. The maximum absolute atomic E-state index is 11.9. The van der Waals surface area contributed by atoms with Gasteiger partial charge >= 0.3 is 11.9 Å². The molecule has 4 rings (SSSR count). The second-order valence-electron chi connectivity index (χ2n) is 6.54. The van der Waals surface area contributed by atoms with Gasteiger partial charge < -0.3 is 14.2 Å². The lowest BCUT2D eigenvalue weighted by atomic mass is 10.1. The predicted octanol–water partition coefficient (Wildman–Crippen LogP) is 1.27. The molecule has 4 atom stereocenters. The number of nitrogens with zero attached hydrogens (tertiary/aromatic N) is 8. The van der Waals surface area contributed by atoms with Crippen molar-refractivity contribution in [1.29, 1.82) is 0 Å². The van der Waals surface area contributed by atoms with Gasteiger partial charge in [0.15, 0.2) is 35.3 Å². The molecule has 3 aromatic heterocycles. The average Bonchev–Trinajstić information content (AvgIpc) is 3.39. The molecular formula is C16H16Cl2N8O5. The SMILES string of the molecule is CCn1nnc([C@H]2O[C@@H](n3cnc4c(Cl)nc(Cl)nc43)[C@H](OC(C)=O)[C@@H]2OC(C)=O)n1. The van der Waals surface area contributed by atoms with Crippen molar-refractivity contribution < 1.29 is 23.8 Å². The van der Waals surface area contributed by atoms with Crippen LogP contribution in [0.1, 0.15) is 38.9 Å². The summed E-state index contributed by atoms with van der Waals surface area (Å²) in [5, 5.41) is 12.1. The Kier molecular flexibility index (Phi) is 5.73. The number of carbonyl (C=O) groups is 2. The van der Waals surface area contributed by atoms with Crippen LogP contribution >= 0.6 is 23.2 Å². The highest BCUT2D eigenvalue weighted by Gasteiger charge is 2.53. The molecule has 0 bridgehead atoms. The topological polar surface area (TPSA) is 149 Å². The van der Waals surface area contributed by atoms with Crippen LogP contribution in [0.5, 0.6) is 0 Å². The van der Waals surface area contributed by atoms with Crippen LogP contribution in [0.15, 0.2) is 6.33 Å². The van der Waals surface area contributed by atoms with Gasteiger partial charge in [-0.25, -0.2) is 9.97 Å². The molecule has 0 spiro atoms. The summed E-state index contributed by atoms with van der Waals surface area (Å²) in [6, 6.07) is 0. The zero-order valence-electron chi connectivity index (χ0n) is 16.5. The Balaban J connectivity index is 1.82. The van der Waals surface area contributed by atoms with Gasteiger partial charge in [0.05, 0.1) is 12.9 Å². The Hall–Kier alpha value is -2.90. The number of halogens is 2. The van der Waals surface area contributed by atoms with E-state index in [0.717, 1.165) is 0 Å². The van der Waals surface area contributed by atoms with E-state index in [2.05, 4.69) is 30.4 Å². The van der Waals surface area contributed by atoms with E-state index in [9.17, 15) is 9.59 Å². The monoisotopic (exact) mass is 470 g/mol. The molecule has 1 fully saturated rings. The van der Waals surface area contributed by atoms with E-state index in [1.165, 1.54) is 29.5 Å². The van der Waals surface area contributed by atoms with Gasteiger partial charge in [0.2, 0.25) is 11.1 Å². The van der Waals surface area contributed by atoms with Crippen LogP contribution in [0.4, 0.5) is 0 Å². The summed E-state index contributed by atoms with van der Waals surface area (Å²) in [5.41, 5.74) is 0.498. The molecule has 1 aliphatic heterocycles. The third kappa shape index (κ3) is 4.03. The zero-order valence-corrected chi connectivity index (χ0v) is 18.0. The second kappa shape index (κ2) is 8.32. The first-order chi connectivity index (χ1) is 14.8. The lowest BCUT2D eigenvalue weighted by Crippen LogP contribution is -2.37. The van der Waals surface area contributed by atoms with Gasteiger partial charge in [-0.2, -0.15) is 9.78 Å². The van der Waals surface area contributed by atoms with Gasteiger partial charge in [-0.05, 0) is 23.7 Å². The van der Waals surface area contributed by atoms with E-state index in [1.54, 1.807) is 0 Å². The lowest BCUT2D eigenvalue weighted by molar-refractivity contribution is -0.165. The number of imidazole rings is 1. The number of carbonyl (C=O) groups excluding carboxylic acids is 2. The van der Waals surface area contributed by atoms with Gasteiger partial charge in [0, 0.05) is 13.8 Å². The van der Waals surface area contributed by atoms with Crippen LogP contribution in [0.2, 0.25) is 10.4 Å². The van der Waals surface area contributed by atoms with E-state index in [1.807, 2.05) is 6.92 Å². The molecule has 0 N–H and O–H groups in total. The summed E-state index contributed by atoms with van der Waals surface area (Å²) in [6.45, 7) is 4.75. The van der Waals surface area contributed by atoms with Crippen LogP contribution in [-0.4, -0.2) is 63.9 Å². The second-order valence-corrected chi connectivity index (χ2v) is 7.24. The molecule has 0 amide bonds. The Morgan fingerprint density at radius 2 is 1.87 bits per heavy atom. The van der Waals surface area contributed by atoms with E-state index in [-0.39, 0.29) is 27.4 Å². The van der Waals surface area contributed by atoms with Crippen LogP contribution in [0, 0.1) is 0 Å². The van der Waals surface area contributed by atoms with Crippen molar-refractivity contribution in [3.05, 3.63) is 22.6 Å². The number of tetrazole rings is 1. The fourth-order valence-corrected chi connectivity index (χ4v) is 3.68. The first-order valence-electron chi connectivity index (χ1n) is 9.11. The van der Waals surface area contributed by atoms with Gasteiger partial charge in [0.25, 0.3) is 0 Å². The minimum absolute atomic E-state index is 0.0384. The molecular weight excluding hydrogens is 455 g/mol. The Morgan fingerprint density at radius 3 is 2.52 bits per heavy atom. The normalized spacial score (nSPS) is 23.3. The number of aromatic nitrogens is 8. The minimum Gasteiger partial charge on any atom is -0.455 e. The van der Waals surface area contributed by atoms with Crippen LogP contribution < -0.4 is 0 Å². The smallest absolute Gasteiger partial charge is 0.303 e. The van der Waals surface area contributed by atoms with Crippen molar-refractivity contribution >= 4 is 46.3 Å². The first-order valence-corrected chi connectivity index (χ1v) is 9.87. The summed E-state index contributed by atoms with van der Waals surface area (Å²) < 4.78 is 18.5. The first kappa shape index (κ1) is 21.3. The molecule has 0 saturated carbocycles. The standard InChI is InChI=1S/C16H16Cl2N8O5/c1-4-26-23-13(22-24-26)10-9(29-6(2)27)11(30-7(3)28)15(31-10)25-5-19-8-12(17)20-16(18)21-14(8)25/h5,9-11,15H,4H2,1-3H3/t9-,10+,11-,15-/m1/s1. The molecule has 0 unspecified atom stereocenters. The van der Waals surface area contributed by atoms with E-state index in [0.29, 0.717) is 6.54 Å². The Morgan fingerprint density at radius 1 is 1.16 bits per heavy atom. The summed E-state index contributed by atoms with van der Waals surface area (Å²) in [7, 11) is 0. The Labute approximate surface area is 184 Å². The largest absolute Gasteiger partial charge is 0.455 e. The van der Waals surface area contributed by atoms with Crippen molar-refractivity contribution in [2.45, 2.75) is 51.9 Å². The summed E-state index contributed by atoms with van der Waals surface area (Å²) >= 11 is 12.1. The van der Waals surface area contributed by atoms with Gasteiger partial charge in [-0.1, -0.05) is 11.6 Å². The summed E-state index contributed by atoms with van der Waals surface area (Å²) in [4.78, 5) is 37.2. The fourth-order valence-electron chi connectivity index (χ4n) is 3.26. The lowest BCUT2D eigenvalue weighted by Gasteiger charge is -2.23. The van der Waals surface area contributed by atoms with Crippen LogP contribution in [0.3, 0.4) is 0 Å². The molecule has 1 saturated heterocycles. The maximum Gasteiger partial charge on any atom is 0.303 e. The highest BCUT2D eigenvalue weighted by Crippen LogP contribution is 2.42. The van der Waals surface area contributed by atoms with Gasteiger partial charge in [0.1, 0.15) is 5.52 Å². The maximum atomic E-state index is 11.9. The van der Waals surface area contributed by atoms with E-state index >= 15 is 0 Å². The molecule has 13 nitrogen and oxygen atoms in total. The molecule has 0 radical (unpaired) electrons. The van der Waals surface area contributed by atoms with Gasteiger partial charge in [-0.15, -0.1) is 10.2 Å². The molecule has 15 heteroatoms. The molecule has 1 aliphatic rings. The number of hydrogen-bond acceptors (Lipinski definition) is 11. The number of esters is 2. The molecule has 31 heavy (non-hydrogen) atoms. The van der Waals surface area contributed by atoms with Gasteiger partial charge in [-0.3, -0.25) is 14.2 Å². The fraction of sp³-hybridized carbons (Fsp3) is 0.500. The van der Waals surface area contributed by atoms with Crippen LogP contribution in [-0.2, 0) is 30.3 Å². The molecule has 0 aromatic carbocycles. The number of ether oxygens (including phenoxy) is 3. The van der Waals surface area contributed by atoms with Crippen LogP contribution in [0.25, 0.3) is 11.2 Å². The van der Waals surface area contributed by atoms with E-state index < -0.39 is 36.5 Å². The third-order valence-corrected chi connectivity index (χ3v) is 4.86. The average molecular weight is 471 g/mol. The quantitative estimate of drug-likeness (QED) is 0.301. The minimum atomic E-state index is -1.08. The Bertz CT molecular complexity index is 1150. The third-order valence-electron chi connectivity index (χ3n) is 4.42. The number of hydrogen-bond donors (Lipinski definition) is 0. The molecule has 164 valence electrons. The van der Waals surface area contributed by atoms with Crippen molar-refractivity contribution in [3.63, 3.8) is 0 Å². The number of rotatable bonds is 5. The summed E-state index contributed by atoms with van der Waals surface area (Å²) in [5.74, 6) is -1.07. The highest BCUT2D eigenvalue weighted by atomic mass is 35.5. The predicted molar refractivity (Wildman–Crippen MR) is 103 cm³/mol. The number of aryl methyl sites for hydroxylation is 1. The molecule has 3 aromatic rings. The van der Waals surface area contributed by atoms with E-state index in [4.69, 9.17) is 37.4 Å². The van der Waals surface area contributed by atoms with Crippen molar-refractivity contribution in [2.24, 2.45) is 0 Å². The summed E-state index contributed by atoms with van der Waals surface area (Å²) in [6.07, 6.45) is -2.76. The zero-order chi connectivity index (χ0) is 22.3. The molecule has 0 aliphatic carbocycles. The highest BCUT2D eigenvalue weighted by molar-refractivity contribution is 6.35. The van der Waals surface area contributed by atoms with Crippen molar-refractivity contribution in [2.75, 3.05) is 0 Å². The van der Waals surface area contributed by atoms with Crippen molar-refractivity contribution in [3.8, 4) is 0 Å². The van der Waals surface area contributed by atoms with Crippen molar-refractivity contribution in [1.82, 2.24) is 39.7 Å².